The molecule has 1 aromatic carbocycles. The molecule has 3 nitrogen and oxygen atoms in total. The fourth-order valence-corrected chi connectivity index (χ4v) is 2.49. The van der Waals surface area contributed by atoms with Gasteiger partial charge in [0.1, 0.15) is 0 Å². The van der Waals surface area contributed by atoms with Crippen molar-refractivity contribution in [2.75, 3.05) is 33.9 Å². The van der Waals surface area contributed by atoms with Crippen LogP contribution in [0.15, 0.2) is 34.2 Å². The fourth-order valence-electron chi connectivity index (χ4n) is 1.75. The van der Waals surface area contributed by atoms with E-state index < -0.39 is 0 Å². The first kappa shape index (κ1) is 14.9. The first-order chi connectivity index (χ1) is 8.54. The minimum absolute atomic E-state index is 0.726. The Balaban J connectivity index is 2.77. The summed E-state index contributed by atoms with van der Waals surface area (Å²) in [4.78, 5) is 10.0. The first-order valence-corrected chi connectivity index (χ1v) is 7.14. The predicted octanol–water partition coefficient (Wildman–Crippen LogP) is 2.78. The average Bonchev–Trinajstić information content (AvgIpc) is 2.29. The van der Waals surface area contributed by atoms with Gasteiger partial charge in [0.05, 0.1) is 6.54 Å². The Morgan fingerprint density at radius 2 is 1.83 bits per heavy atom. The second-order valence-corrected chi connectivity index (χ2v) is 5.82. The quantitative estimate of drug-likeness (QED) is 0.474. The standard InChI is InChI=1S/C14H23N3S/c1-6-18-13-9-7-8-12(10-13)11-15-14(16(2)3)17(4)5/h7-10H,6,11H2,1-5H3. The van der Waals surface area contributed by atoms with Gasteiger partial charge in [-0.25, -0.2) is 4.99 Å². The second-order valence-electron chi connectivity index (χ2n) is 4.49. The lowest BCUT2D eigenvalue weighted by molar-refractivity contribution is 0.479. The molecule has 1 aromatic rings. The summed E-state index contributed by atoms with van der Waals surface area (Å²) in [5, 5.41) is 0. The largest absolute Gasteiger partial charge is 0.349 e. The van der Waals surface area contributed by atoms with Crippen molar-refractivity contribution in [1.29, 1.82) is 0 Å². The molecule has 18 heavy (non-hydrogen) atoms. The highest BCUT2D eigenvalue weighted by molar-refractivity contribution is 7.99. The van der Waals surface area contributed by atoms with E-state index in [0.717, 1.165) is 18.3 Å². The van der Waals surface area contributed by atoms with Crippen LogP contribution in [-0.2, 0) is 6.54 Å². The van der Waals surface area contributed by atoms with Crippen molar-refractivity contribution in [3.8, 4) is 0 Å². The molecule has 0 saturated carbocycles. The summed E-state index contributed by atoms with van der Waals surface area (Å²) in [6.45, 7) is 2.90. The lowest BCUT2D eigenvalue weighted by Crippen LogP contribution is -2.35. The van der Waals surface area contributed by atoms with Crippen LogP contribution in [0.2, 0.25) is 0 Å². The first-order valence-electron chi connectivity index (χ1n) is 6.15. The summed E-state index contributed by atoms with van der Waals surface area (Å²) in [5.41, 5.74) is 1.26. The number of hydrogen-bond acceptors (Lipinski definition) is 2. The monoisotopic (exact) mass is 265 g/mol. The van der Waals surface area contributed by atoms with Gasteiger partial charge in [-0.3, -0.25) is 0 Å². The lowest BCUT2D eigenvalue weighted by Gasteiger charge is -2.22. The number of benzene rings is 1. The maximum absolute atomic E-state index is 4.65. The summed E-state index contributed by atoms with van der Waals surface area (Å²) in [7, 11) is 8.06. The van der Waals surface area contributed by atoms with E-state index in [1.807, 2.05) is 49.8 Å². The molecule has 4 heteroatoms. The summed E-state index contributed by atoms with van der Waals surface area (Å²) in [5.74, 6) is 2.09. The van der Waals surface area contributed by atoms with Gasteiger partial charge in [-0.1, -0.05) is 19.1 Å². The molecule has 0 amide bonds. The van der Waals surface area contributed by atoms with E-state index in [1.165, 1.54) is 10.5 Å². The van der Waals surface area contributed by atoms with Gasteiger partial charge in [0, 0.05) is 33.1 Å². The third-order valence-corrected chi connectivity index (χ3v) is 3.29. The van der Waals surface area contributed by atoms with Crippen LogP contribution in [0.3, 0.4) is 0 Å². The molecular weight excluding hydrogens is 242 g/mol. The van der Waals surface area contributed by atoms with Crippen molar-refractivity contribution in [1.82, 2.24) is 9.80 Å². The maximum Gasteiger partial charge on any atom is 0.195 e. The van der Waals surface area contributed by atoms with Crippen LogP contribution in [0.5, 0.6) is 0 Å². The molecule has 0 aromatic heterocycles. The summed E-state index contributed by atoms with van der Waals surface area (Å²) >= 11 is 1.87. The molecule has 0 aliphatic carbocycles. The molecule has 0 aliphatic heterocycles. The number of aliphatic imine (C=N–C) groups is 1. The highest BCUT2D eigenvalue weighted by atomic mass is 32.2. The van der Waals surface area contributed by atoms with Crippen molar-refractivity contribution in [2.45, 2.75) is 18.4 Å². The van der Waals surface area contributed by atoms with E-state index in [1.54, 1.807) is 0 Å². The zero-order valence-electron chi connectivity index (χ0n) is 12.0. The Morgan fingerprint density at radius 3 is 2.39 bits per heavy atom. The highest BCUT2D eigenvalue weighted by Gasteiger charge is 2.03. The van der Waals surface area contributed by atoms with Crippen molar-refractivity contribution >= 4 is 17.7 Å². The van der Waals surface area contributed by atoms with Crippen LogP contribution in [0.1, 0.15) is 12.5 Å². The van der Waals surface area contributed by atoms with Crippen LogP contribution in [0.25, 0.3) is 0 Å². The molecule has 0 unspecified atom stereocenters. The van der Waals surface area contributed by atoms with Crippen LogP contribution < -0.4 is 0 Å². The van der Waals surface area contributed by atoms with Gasteiger partial charge >= 0.3 is 0 Å². The zero-order chi connectivity index (χ0) is 13.5. The Labute approximate surface area is 115 Å². The molecule has 0 aliphatic rings. The van der Waals surface area contributed by atoms with Gasteiger partial charge < -0.3 is 9.80 Å². The molecule has 0 atom stereocenters. The van der Waals surface area contributed by atoms with Crippen molar-refractivity contribution in [2.24, 2.45) is 4.99 Å². The number of nitrogens with zero attached hydrogens (tertiary/aromatic N) is 3. The van der Waals surface area contributed by atoms with Crippen molar-refractivity contribution < 1.29 is 0 Å². The van der Waals surface area contributed by atoms with Gasteiger partial charge in [-0.2, -0.15) is 0 Å². The topological polar surface area (TPSA) is 18.8 Å². The van der Waals surface area contributed by atoms with Gasteiger partial charge in [0.25, 0.3) is 0 Å². The Morgan fingerprint density at radius 1 is 1.17 bits per heavy atom. The van der Waals surface area contributed by atoms with E-state index in [0.29, 0.717) is 0 Å². The SMILES string of the molecule is CCSc1cccc(CN=C(N(C)C)N(C)C)c1. The molecule has 0 bridgehead atoms. The minimum Gasteiger partial charge on any atom is -0.349 e. The normalized spacial score (nSPS) is 10.1. The Bertz CT molecular complexity index is 390. The lowest BCUT2D eigenvalue weighted by atomic mass is 10.2. The number of thioether (sulfide) groups is 1. The Hall–Kier alpha value is -1.16. The molecule has 0 N–H and O–H groups in total. The van der Waals surface area contributed by atoms with Gasteiger partial charge in [-0.05, 0) is 23.4 Å². The zero-order valence-corrected chi connectivity index (χ0v) is 12.8. The van der Waals surface area contributed by atoms with Crippen LogP contribution in [-0.4, -0.2) is 49.7 Å². The second kappa shape index (κ2) is 7.31. The molecule has 0 fully saturated rings. The number of rotatable bonds is 4. The van der Waals surface area contributed by atoms with Gasteiger partial charge in [-0.15, -0.1) is 11.8 Å². The van der Waals surface area contributed by atoms with E-state index in [9.17, 15) is 0 Å². The van der Waals surface area contributed by atoms with Crippen molar-refractivity contribution in [3.63, 3.8) is 0 Å². The fraction of sp³-hybridized carbons (Fsp3) is 0.500. The summed E-state index contributed by atoms with van der Waals surface area (Å²) in [6.07, 6.45) is 0. The Kier molecular flexibility index (Phi) is 6.05. The van der Waals surface area contributed by atoms with Gasteiger partial charge in [0.2, 0.25) is 0 Å². The summed E-state index contributed by atoms with van der Waals surface area (Å²) < 4.78 is 0. The average molecular weight is 265 g/mol. The predicted molar refractivity (Wildman–Crippen MR) is 81.4 cm³/mol. The molecule has 0 heterocycles. The van der Waals surface area contributed by atoms with Crippen LogP contribution >= 0.6 is 11.8 Å². The smallest absolute Gasteiger partial charge is 0.195 e. The van der Waals surface area contributed by atoms with Crippen LogP contribution in [0.4, 0.5) is 0 Å². The molecule has 0 spiro atoms. The highest BCUT2D eigenvalue weighted by Crippen LogP contribution is 2.19. The van der Waals surface area contributed by atoms with Crippen LogP contribution in [0, 0.1) is 0 Å². The third-order valence-electron chi connectivity index (χ3n) is 2.41. The number of guanidine groups is 1. The molecule has 0 radical (unpaired) electrons. The van der Waals surface area contributed by atoms with E-state index in [-0.39, 0.29) is 0 Å². The molecule has 0 saturated heterocycles. The molecule has 100 valence electrons. The molecule has 1 rings (SSSR count). The third kappa shape index (κ3) is 4.61. The van der Waals surface area contributed by atoms with E-state index in [2.05, 4.69) is 36.2 Å². The molecular formula is C14H23N3S. The summed E-state index contributed by atoms with van der Waals surface area (Å²) in [6, 6.07) is 8.61. The van der Waals surface area contributed by atoms with E-state index in [4.69, 9.17) is 0 Å². The maximum atomic E-state index is 4.65. The van der Waals surface area contributed by atoms with Crippen molar-refractivity contribution in [3.05, 3.63) is 29.8 Å². The number of hydrogen-bond donors (Lipinski definition) is 0. The van der Waals surface area contributed by atoms with Gasteiger partial charge in [0.15, 0.2) is 5.96 Å². The minimum atomic E-state index is 0.726. The van der Waals surface area contributed by atoms with E-state index >= 15 is 0 Å².